The zero-order valence-electron chi connectivity index (χ0n) is 20.3. The number of fused-ring (bicyclic) bond motifs is 1. The Kier molecular flexibility index (Phi) is 6.48. The predicted octanol–water partition coefficient (Wildman–Crippen LogP) is 5.48. The number of carboxylic acid groups (broad SMARTS) is 1. The highest BCUT2D eigenvalue weighted by Crippen LogP contribution is 2.32. The Morgan fingerprint density at radius 2 is 1.75 bits per heavy atom. The van der Waals surface area contributed by atoms with Crippen molar-refractivity contribution >= 4 is 28.3 Å². The molecule has 0 saturated carbocycles. The van der Waals surface area contributed by atoms with Crippen molar-refractivity contribution in [2.24, 2.45) is 0 Å². The van der Waals surface area contributed by atoms with Crippen molar-refractivity contribution in [2.45, 2.75) is 19.9 Å². The van der Waals surface area contributed by atoms with Crippen LogP contribution in [0.25, 0.3) is 22.3 Å². The smallest absolute Gasteiger partial charge is 0.337 e. The van der Waals surface area contributed by atoms with E-state index >= 15 is 0 Å². The molecule has 0 spiro atoms. The van der Waals surface area contributed by atoms with Gasteiger partial charge in [0.2, 0.25) is 0 Å². The van der Waals surface area contributed by atoms with Gasteiger partial charge in [-0.15, -0.1) is 0 Å². The minimum atomic E-state index is -1.01. The van der Waals surface area contributed by atoms with Crippen LogP contribution in [0.3, 0.4) is 0 Å². The number of benzene rings is 3. The third-order valence-electron chi connectivity index (χ3n) is 6.53. The highest BCUT2D eigenvalue weighted by atomic mass is 16.5. The third kappa shape index (κ3) is 4.70. The van der Waals surface area contributed by atoms with E-state index in [1.165, 1.54) is 6.07 Å². The number of anilines is 2. The zero-order chi connectivity index (χ0) is 25.2. The second-order valence-corrected chi connectivity index (χ2v) is 9.07. The van der Waals surface area contributed by atoms with E-state index < -0.39 is 5.97 Å². The van der Waals surface area contributed by atoms with E-state index in [1.54, 1.807) is 24.3 Å². The first-order chi connectivity index (χ1) is 17.4. The highest BCUT2D eigenvalue weighted by molar-refractivity contribution is 5.94. The maximum Gasteiger partial charge on any atom is 0.337 e. The van der Waals surface area contributed by atoms with Crippen molar-refractivity contribution in [1.82, 2.24) is 0 Å². The molecule has 0 aliphatic carbocycles. The van der Waals surface area contributed by atoms with Crippen LogP contribution in [0.4, 0.5) is 11.4 Å². The van der Waals surface area contributed by atoms with E-state index in [0.29, 0.717) is 35.6 Å². The number of nitrogens with zero attached hydrogens (tertiary/aromatic N) is 1. The Labute approximate surface area is 208 Å². The quantitative estimate of drug-likeness (QED) is 0.375. The van der Waals surface area contributed by atoms with Gasteiger partial charge in [-0.25, -0.2) is 4.79 Å². The molecule has 1 fully saturated rings. The first-order valence-electron chi connectivity index (χ1n) is 12.0. The van der Waals surface area contributed by atoms with Crippen molar-refractivity contribution in [2.75, 3.05) is 36.5 Å². The molecule has 1 aliphatic heterocycles. The molecule has 184 valence electrons. The maximum absolute atomic E-state index is 13.1. The SMILES string of the molecule is Cc1cc(C(C)Nc2ccccc2C(=O)O)c2oc(-c3ccc(N4CCOCC4)cc3)cc(=O)c2c1. The van der Waals surface area contributed by atoms with E-state index in [1.807, 2.05) is 50.2 Å². The Bertz CT molecular complexity index is 1470. The maximum atomic E-state index is 13.1. The fraction of sp³-hybridized carbons (Fsp3) is 0.241. The molecule has 0 bridgehead atoms. The van der Waals surface area contributed by atoms with Crippen molar-refractivity contribution in [3.63, 3.8) is 0 Å². The summed E-state index contributed by atoms with van der Waals surface area (Å²) in [7, 11) is 0. The van der Waals surface area contributed by atoms with Crippen molar-refractivity contribution in [3.05, 3.63) is 93.6 Å². The molecule has 2 N–H and O–H groups in total. The molecule has 5 rings (SSSR count). The van der Waals surface area contributed by atoms with Gasteiger partial charge in [0.15, 0.2) is 5.43 Å². The number of hydrogen-bond acceptors (Lipinski definition) is 6. The van der Waals surface area contributed by atoms with Gasteiger partial charge in [-0.3, -0.25) is 4.79 Å². The average Bonchev–Trinajstić information content (AvgIpc) is 2.89. The number of rotatable bonds is 6. The highest BCUT2D eigenvalue weighted by Gasteiger charge is 2.19. The minimum Gasteiger partial charge on any atom is -0.478 e. The average molecular weight is 485 g/mol. The number of aryl methyl sites for hydroxylation is 1. The summed E-state index contributed by atoms with van der Waals surface area (Å²) in [6.45, 7) is 6.99. The molecule has 7 nitrogen and oxygen atoms in total. The van der Waals surface area contributed by atoms with Crippen molar-refractivity contribution in [1.29, 1.82) is 0 Å². The summed E-state index contributed by atoms with van der Waals surface area (Å²) in [5.74, 6) is -0.516. The molecule has 36 heavy (non-hydrogen) atoms. The molecule has 1 aromatic heterocycles. The van der Waals surface area contributed by atoms with Crippen LogP contribution in [-0.4, -0.2) is 37.4 Å². The summed E-state index contributed by atoms with van der Waals surface area (Å²) in [4.78, 5) is 27.1. The lowest BCUT2D eigenvalue weighted by Crippen LogP contribution is -2.36. The number of carboxylic acids is 1. The Balaban J connectivity index is 1.53. The Morgan fingerprint density at radius 1 is 1.03 bits per heavy atom. The van der Waals surface area contributed by atoms with E-state index in [9.17, 15) is 14.7 Å². The number of carbonyl (C=O) groups is 1. The molecule has 1 aliphatic rings. The molecular formula is C29H28N2O5. The molecule has 2 heterocycles. The zero-order valence-corrected chi connectivity index (χ0v) is 20.3. The summed E-state index contributed by atoms with van der Waals surface area (Å²) >= 11 is 0. The first kappa shape index (κ1) is 23.6. The van der Waals surface area contributed by atoms with Crippen LogP contribution in [-0.2, 0) is 4.74 Å². The first-order valence-corrected chi connectivity index (χ1v) is 12.0. The fourth-order valence-corrected chi connectivity index (χ4v) is 4.66. The molecule has 0 amide bonds. The molecule has 1 atom stereocenters. The van der Waals surface area contributed by atoms with Crippen molar-refractivity contribution < 1.29 is 19.1 Å². The molecular weight excluding hydrogens is 456 g/mol. The van der Waals surface area contributed by atoms with Crippen LogP contribution < -0.4 is 15.6 Å². The normalized spacial score (nSPS) is 14.6. The summed E-state index contributed by atoms with van der Waals surface area (Å²) in [5, 5.41) is 13.3. The summed E-state index contributed by atoms with van der Waals surface area (Å²) in [6.07, 6.45) is 0. The summed E-state index contributed by atoms with van der Waals surface area (Å²) in [6, 6.07) is 19.8. The van der Waals surface area contributed by atoms with Crippen LogP contribution in [0, 0.1) is 6.92 Å². The van der Waals surface area contributed by atoms with Gasteiger partial charge in [-0.1, -0.05) is 18.2 Å². The number of ether oxygens (including phenoxy) is 1. The fourth-order valence-electron chi connectivity index (χ4n) is 4.66. The Morgan fingerprint density at radius 3 is 2.47 bits per heavy atom. The second kappa shape index (κ2) is 9.87. The van der Waals surface area contributed by atoms with Gasteiger partial charge in [-0.05, 0) is 61.9 Å². The molecule has 3 aromatic carbocycles. The molecule has 0 radical (unpaired) electrons. The van der Waals surface area contributed by atoms with E-state index in [4.69, 9.17) is 9.15 Å². The topological polar surface area (TPSA) is 92.0 Å². The van der Waals surface area contributed by atoms with E-state index in [2.05, 4.69) is 10.2 Å². The van der Waals surface area contributed by atoms with Gasteiger partial charge in [0.25, 0.3) is 0 Å². The van der Waals surface area contributed by atoms with Gasteiger partial charge in [-0.2, -0.15) is 0 Å². The third-order valence-corrected chi connectivity index (χ3v) is 6.53. The number of aromatic carboxylic acids is 1. The van der Waals surface area contributed by atoms with Gasteiger partial charge in [0.1, 0.15) is 11.3 Å². The largest absolute Gasteiger partial charge is 0.478 e. The standard InChI is InChI=1S/C29H28N2O5/c1-18-15-23(19(2)30-25-6-4-3-5-22(25)29(33)34)28-24(16-18)26(32)17-27(36-28)20-7-9-21(10-8-20)31-11-13-35-14-12-31/h3-10,15-17,19,30H,11-14H2,1-2H3,(H,33,34). The van der Waals surface area contributed by atoms with Gasteiger partial charge < -0.3 is 24.5 Å². The number of hydrogen-bond donors (Lipinski definition) is 2. The molecule has 1 unspecified atom stereocenters. The lowest BCUT2D eigenvalue weighted by atomic mass is 10.00. The summed E-state index contributed by atoms with van der Waals surface area (Å²) in [5.41, 5.74) is 4.69. The lowest BCUT2D eigenvalue weighted by Gasteiger charge is -2.28. The predicted molar refractivity (Wildman–Crippen MR) is 141 cm³/mol. The summed E-state index contributed by atoms with van der Waals surface area (Å²) < 4.78 is 11.8. The lowest BCUT2D eigenvalue weighted by molar-refractivity contribution is 0.0698. The van der Waals surface area contributed by atoms with E-state index in [0.717, 1.165) is 35.5 Å². The van der Waals surface area contributed by atoms with Gasteiger partial charge >= 0.3 is 5.97 Å². The monoisotopic (exact) mass is 484 g/mol. The van der Waals surface area contributed by atoms with Crippen LogP contribution >= 0.6 is 0 Å². The van der Waals surface area contributed by atoms with Crippen LogP contribution in [0.2, 0.25) is 0 Å². The number of para-hydroxylation sites is 1. The second-order valence-electron chi connectivity index (χ2n) is 9.07. The number of nitrogens with one attached hydrogen (secondary N) is 1. The minimum absolute atomic E-state index is 0.119. The van der Waals surface area contributed by atoms with Gasteiger partial charge in [0.05, 0.1) is 30.2 Å². The van der Waals surface area contributed by atoms with E-state index in [-0.39, 0.29) is 17.0 Å². The molecule has 1 saturated heterocycles. The van der Waals surface area contributed by atoms with Crippen molar-refractivity contribution in [3.8, 4) is 11.3 Å². The van der Waals surface area contributed by atoms with Crippen LogP contribution in [0.15, 0.2) is 75.9 Å². The Hall–Kier alpha value is -4.10. The van der Waals surface area contributed by atoms with Gasteiger partial charge in [0, 0.05) is 41.7 Å². The molecule has 4 aromatic rings. The van der Waals surface area contributed by atoms with Crippen LogP contribution in [0.1, 0.15) is 34.5 Å². The number of morpholine rings is 1. The molecule has 7 heteroatoms. The van der Waals surface area contributed by atoms with Crippen LogP contribution in [0.5, 0.6) is 0 Å².